The number of carbonyl (C=O) groups is 1. The summed E-state index contributed by atoms with van der Waals surface area (Å²) in [6.07, 6.45) is 5.89. The summed E-state index contributed by atoms with van der Waals surface area (Å²) >= 11 is 0. The molecule has 0 bridgehead atoms. The smallest absolute Gasteiger partial charge is 0.317 e. The van der Waals surface area contributed by atoms with Gasteiger partial charge in [0, 0.05) is 70.0 Å². The molecule has 8 heteroatoms. The molecule has 142 valence electrons. The normalized spacial score (nSPS) is 15.4. The van der Waals surface area contributed by atoms with E-state index < -0.39 is 0 Å². The summed E-state index contributed by atoms with van der Waals surface area (Å²) in [5.41, 5.74) is 4.16. The first-order chi connectivity index (χ1) is 13.1. The van der Waals surface area contributed by atoms with E-state index in [1.165, 1.54) is 0 Å². The molecule has 0 aliphatic carbocycles. The molecule has 0 aromatic carbocycles. The lowest BCUT2D eigenvalue weighted by Crippen LogP contribution is -2.51. The van der Waals surface area contributed by atoms with Crippen LogP contribution in [-0.4, -0.2) is 61.2 Å². The fraction of sp³-hybridized carbons (Fsp3) is 0.421. The van der Waals surface area contributed by atoms with Crippen molar-refractivity contribution < 1.29 is 4.79 Å². The highest BCUT2D eigenvalue weighted by atomic mass is 16.2. The average molecular weight is 367 g/mol. The molecule has 1 aliphatic heterocycles. The monoisotopic (exact) mass is 367 g/mol. The first-order valence-corrected chi connectivity index (χ1v) is 9.25. The molecule has 3 aromatic rings. The molecule has 1 N–H and O–H groups in total. The van der Waals surface area contributed by atoms with Gasteiger partial charge in [0.2, 0.25) is 0 Å². The number of fused-ring (bicyclic) bond motifs is 1. The van der Waals surface area contributed by atoms with Crippen LogP contribution >= 0.6 is 0 Å². The third kappa shape index (κ3) is 3.80. The van der Waals surface area contributed by atoms with Crippen molar-refractivity contribution in [3.8, 4) is 0 Å². The van der Waals surface area contributed by atoms with Crippen molar-refractivity contribution in [1.29, 1.82) is 0 Å². The van der Waals surface area contributed by atoms with Crippen LogP contribution in [0.15, 0.2) is 36.8 Å². The number of hydrogen-bond acceptors (Lipinski definition) is 4. The van der Waals surface area contributed by atoms with Crippen LogP contribution in [0.25, 0.3) is 5.65 Å². The van der Waals surface area contributed by atoms with Crippen molar-refractivity contribution in [2.45, 2.75) is 20.0 Å². The first-order valence-electron chi connectivity index (χ1n) is 9.25. The van der Waals surface area contributed by atoms with Crippen molar-refractivity contribution in [3.63, 3.8) is 0 Å². The number of amides is 2. The molecule has 1 fully saturated rings. The summed E-state index contributed by atoms with van der Waals surface area (Å²) in [7, 11) is 1.91. The van der Waals surface area contributed by atoms with Crippen LogP contribution < -0.4 is 5.32 Å². The lowest BCUT2D eigenvalue weighted by molar-refractivity contribution is 0.134. The number of rotatable bonds is 4. The molecule has 2 amide bonds. The summed E-state index contributed by atoms with van der Waals surface area (Å²) in [4.78, 5) is 21.3. The highest BCUT2D eigenvalue weighted by molar-refractivity contribution is 5.74. The number of nitrogens with one attached hydrogen (secondary N) is 1. The number of aryl methyl sites for hydroxylation is 1. The molecule has 4 rings (SSSR count). The maximum Gasteiger partial charge on any atom is 0.317 e. The van der Waals surface area contributed by atoms with Crippen molar-refractivity contribution in [2.75, 3.05) is 26.2 Å². The Morgan fingerprint density at radius 1 is 1.22 bits per heavy atom. The number of imidazole rings is 1. The number of pyridine rings is 1. The van der Waals surface area contributed by atoms with Gasteiger partial charge in [0.05, 0.1) is 11.9 Å². The minimum absolute atomic E-state index is 0.00867. The van der Waals surface area contributed by atoms with Gasteiger partial charge in [-0.25, -0.2) is 9.78 Å². The van der Waals surface area contributed by atoms with Gasteiger partial charge in [-0.3, -0.25) is 9.58 Å². The number of carbonyl (C=O) groups excluding carboxylic acids is 1. The van der Waals surface area contributed by atoms with Crippen molar-refractivity contribution in [2.24, 2.45) is 7.05 Å². The standard InChI is InChI=1S/C19H25N7O/c1-15-16(12-21-23(15)2)11-20-19(27)25-9-7-24(8-10-25)13-17-14-26-6-4-3-5-18(26)22-17/h3-6,12,14H,7-11,13H2,1-2H3,(H,20,27). The zero-order chi connectivity index (χ0) is 18.8. The predicted molar refractivity (Wildman–Crippen MR) is 102 cm³/mol. The Balaban J connectivity index is 1.26. The highest BCUT2D eigenvalue weighted by Crippen LogP contribution is 2.11. The lowest BCUT2D eigenvalue weighted by Gasteiger charge is -2.34. The van der Waals surface area contributed by atoms with Crippen LogP contribution in [0.3, 0.4) is 0 Å². The molecule has 0 spiro atoms. The Labute approximate surface area is 158 Å². The van der Waals surface area contributed by atoms with E-state index in [4.69, 9.17) is 0 Å². The van der Waals surface area contributed by atoms with Gasteiger partial charge in [0.1, 0.15) is 5.65 Å². The number of urea groups is 1. The molecule has 0 saturated carbocycles. The fourth-order valence-electron chi connectivity index (χ4n) is 3.40. The van der Waals surface area contributed by atoms with E-state index >= 15 is 0 Å². The Bertz CT molecular complexity index is 904. The van der Waals surface area contributed by atoms with E-state index in [0.717, 1.165) is 55.3 Å². The average Bonchev–Trinajstić information content (AvgIpc) is 3.23. The molecule has 4 heterocycles. The molecule has 0 unspecified atom stereocenters. The molecule has 0 radical (unpaired) electrons. The highest BCUT2D eigenvalue weighted by Gasteiger charge is 2.21. The molecule has 3 aromatic heterocycles. The number of hydrogen-bond donors (Lipinski definition) is 1. The lowest BCUT2D eigenvalue weighted by atomic mass is 10.2. The maximum atomic E-state index is 12.4. The number of nitrogens with zero attached hydrogens (tertiary/aromatic N) is 6. The van der Waals surface area contributed by atoms with Crippen LogP contribution in [-0.2, 0) is 20.1 Å². The van der Waals surface area contributed by atoms with E-state index in [1.807, 2.05) is 58.5 Å². The summed E-state index contributed by atoms with van der Waals surface area (Å²) in [5.74, 6) is 0. The SMILES string of the molecule is Cc1c(CNC(=O)N2CCN(Cc3cn4ccccc4n3)CC2)cnn1C. The van der Waals surface area contributed by atoms with Gasteiger partial charge in [-0.05, 0) is 19.1 Å². The third-order valence-corrected chi connectivity index (χ3v) is 5.23. The van der Waals surface area contributed by atoms with Gasteiger partial charge in [-0.2, -0.15) is 5.10 Å². The van der Waals surface area contributed by atoms with Crippen molar-refractivity contribution >= 4 is 11.7 Å². The summed E-state index contributed by atoms with van der Waals surface area (Å²) in [5, 5.41) is 7.21. The predicted octanol–water partition coefficient (Wildman–Crippen LogP) is 1.40. The minimum atomic E-state index is -0.00867. The Kier molecular flexibility index (Phi) is 4.81. The van der Waals surface area contributed by atoms with Gasteiger partial charge in [-0.15, -0.1) is 0 Å². The largest absolute Gasteiger partial charge is 0.334 e. The maximum absolute atomic E-state index is 12.4. The minimum Gasteiger partial charge on any atom is -0.334 e. The van der Waals surface area contributed by atoms with E-state index in [9.17, 15) is 4.79 Å². The van der Waals surface area contributed by atoms with E-state index in [-0.39, 0.29) is 6.03 Å². The van der Waals surface area contributed by atoms with E-state index in [2.05, 4.69) is 26.5 Å². The Morgan fingerprint density at radius 2 is 2.04 bits per heavy atom. The topological polar surface area (TPSA) is 70.7 Å². The fourth-order valence-corrected chi connectivity index (χ4v) is 3.40. The van der Waals surface area contributed by atoms with Crippen molar-refractivity contribution in [1.82, 2.24) is 34.3 Å². The van der Waals surface area contributed by atoms with Gasteiger partial charge in [0.15, 0.2) is 0 Å². The van der Waals surface area contributed by atoms with Crippen LogP contribution in [0.2, 0.25) is 0 Å². The summed E-state index contributed by atoms with van der Waals surface area (Å²) in [6, 6.07) is 6.00. The summed E-state index contributed by atoms with van der Waals surface area (Å²) in [6.45, 7) is 6.50. The zero-order valence-corrected chi connectivity index (χ0v) is 15.8. The van der Waals surface area contributed by atoms with Gasteiger partial charge >= 0.3 is 6.03 Å². The van der Waals surface area contributed by atoms with Crippen LogP contribution in [0.4, 0.5) is 4.79 Å². The number of piperazine rings is 1. The van der Waals surface area contributed by atoms with Gasteiger partial charge in [0.25, 0.3) is 0 Å². The molecular formula is C19H25N7O. The van der Waals surface area contributed by atoms with Crippen LogP contribution in [0, 0.1) is 6.92 Å². The van der Waals surface area contributed by atoms with Crippen molar-refractivity contribution in [3.05, 3.63) is 53.7 Å². The second kappa shape index (κ2) is 7.40. The molecular weight excluding hydrogens is 342 g/mol. The third-order valence-electron chi connectivity index (χ3n) is 5.23. The molecule has 1 saturated heterocycles. The van der Waals surface area contributed by atoms with Crippen LogP contribution in [0.5, 0.6) is 0 Å². The molecule has 8 nitrogen and oxygen atoms in total. The van der Waals surface area contributed by atoms with Crippen LogP contribution in [0.1, 0.15) is 17.0 Å². The van der Waals surface area contributed by atoms with Gasteiger partial charge < -0.3 is 14.6 Å². The van der Waals surface area contributed by atoms with E-state index in [0.29, 0.717) is 6.54 Å². The van der Waals surface area contributed by atoms with Gasteiger partial charge in [-0.1, -0.05) is 6.07 Å². The second-order valence-corrected chi connectivity index (χ2v) is 7.00. The molecule has 0 atom stereocenters. The second-order valence-electron chi connectivity index (χ2n) is 7.00. The molecule has 1 aliphatic rings. The molecule has 27 heavy (non-hydrogen) atoms. The zero-order valence-electron chi connectivity index (χ0n) is 15.8. The van der Waals surface area contributed by atoms with E-state index in [1.54, 1.807) is 0 Å². The Morgan fingerprint density at radius 3 is 2.74 bits per heavy atom. The quantitative estimate of drug-likeness (QED) is 0.757. The Hall–Kier alpha value is -2.87. The first kappa shape index (κ1) is 17.5. The summed E-state index contributed by atoms with van der Waals surface area (Å²) < 4.78 is 3.86. The number of aromatic nitrogens is 4.